The lowest BCUT2D eigenvalue weighted by Gasteiger charge is -2.26. The molecule has 0 saturated heterocycles. The van der Waals surface area contributed by atoms with E-state index in [1.807, 2.05) is 48.7 Å². The average Bonchev–Trinajstić information content (AvgIpc) is 3.15. The van der Waals surface area contributed by atoms with Gasteiger partial charge in [0.1, 0.15) is 5.82 Å². The normalized spacial score (nSPS) is 12.4. The van der Waals surface area contributed by atoms with Gasteiger partial charge in [0.15, 0.2) is 0 Å². The van der Waals surface area contributed by atoms with E-state index in [0.717, 1.165) is 29.8 Å². The summed E-state index contributed by atoms with van der Waals surface area (Å²) < 4.78 is 20.9. The van der Waals surface area contributed by atoms with Crippen LogP contribution in [-0.4, -0.2) is 41.4 Å². The molecule has 0 bridgehead atoms. The summed E-state index contributed by atoms with van der Waals surface area (Å²) in [5.41, 5.74) is 2.98. The first kappa shape index (κ1) is 21.2. The van der Waals surface area contributed by atoms with Gasteiger partial charge in [0.25, 0.3) is 0 Å². The lowest BCUT2D eigenvalue weighted by Crippen LogP contribution is -2.31. The second-order valence-corrected chi connectivity index (χ2v) is 7.27. The van der Waals surface area contributed by atoms with Gasteiger partial charge in [0.05, 0.1) is 6.10 Å². The molecule has 0 aliphatic rings. The molecular weight excluding hydrogens is 367 g/mol. The Morgan fingerprint density at radius 2 is 1.90 bits per heavy atom. The average molecular weight is 397 g/mol. The molecule has 3 aromatic rings. The molecule has 0 aliphatic carbocycles. The first-order chi connectivity index (χ1) is 14.2. The highest BCUT2D eigenvalue weighted by molar-refractivity contribution is 5.20. The minimum atomic E-state index is -0.551. The summed E-state index contributed by atoms with van der Waals surface area (Å²) in [4.78, 5) is 2.24. The van der Waals surface area contributed by atoms with Crippen molar-refractivity contribution in [2.45, 2.75) is 25.6 Å². The van der Waals surface area contributed by atoms with Crippen molar-refractivity contribution in [2.75, 3.05) is 26.8 Å². The van der Waals surface area contributed by atoms with Crippen LogP contribution in [0.15, 0.2) is 72.9 Å². The van der Waals surface area contributed by atoms with E-state index in [9.17, 15) is 9.50 Å². The van der Waals surface area contributed by atoms with Crippen LogP contribution in [0.5, 0.6) is 0 Å². The zero-order chi connectivity index (χ0) is 20.5. The van der Waals surface area contributed by atoms with Gasteiger partial charge in [-0.3, -0.25) is 4.90 Å². The lowest BCUT2D eigenvalue weighted by molar-refractivity contribution is 0.0983. The summed E-state index contributed by atoms with van der Waals surface area (Å²) in [5, 5.41) is 10.7. The second-order valence-electron chi connectivity index (χ2n) is 7.27. The second kappa shape index (κ2) is 10.9. The van der Waals surface area contributed by atoms with E-state index in [0.29, 0.717) is 26.2 Å². The van der Waals surface area contributed by atoms with Gasteiger partial charge in [0.2, 0.25) is 0 Å². The van der Waals surface area contributed by atoms with Crippen LogP contribution in [0.25, 0.3) is 0 Å². The molecule has 0 spiro atoms. The van der Waals surface area contributed by atoms with Crippen molar-refractivity contribution in [3.63, 3.8) is 0 Å². The smallest absolute Gasteiger partial charge is 0.123 e. The minimum Gasteiger partial charge on any atom is -0.387 e. The molecule has 29 heavy (non-hydrogen) atoms. The monoisotopic (exact) mass is 396 g/mol. The molecule has 4 nitrogen and oxygen atoms in total. The van der Waals surface area contributed by atoms with Gasteiger partial charge < -0.3 is 14.4 Å². The third-order valence-electron chi connectivity index (χ3n) is 4.99. The van der Waals surface area contributed by atoms with Gasteiger partial charge in [-0.05, 0) is 41.8 Å². The molecule has 5 heteroatoms. The van der Waals surface area contributed by atoms with E-state index in [4.69, 9.17) is 4.74 Å². The van der Waals surface area contributed by atoms with E-state index in [2.05, 4.69) is 15.5 Å². The molecule has 0 saturated carbocycles. The number of ether oxygens (including phenoxy) is 1. The Balaban J connectivity index is 1.69. The molecule has 0 fully saturated rings. The van der Waals surface area contributed by atoms with Crippen molar-refractivity contribution in [1.82, 2.24) is 9.47 Å². The molecule has 1 N–H and O–H groups in total. The van der Waals surface area contributed by atoms with E-state index in [1.165, 1.54) is 6.07 Å². The predicted octanol–water partition coefficient (Wildman–Crippen LogP) is 4.25. The zero-order valence-electron chi connectivity index (χ0n) is 16.9. The van der Waals surface area contributed by atoms with Crippen molar-refractivity contribution < 1.29 is 14.2 Å². The maximum atomic E-state index is 13.5. The fourth-order valence-electron chi connectivity index (χ4n) is 3.50. The number of hydrogen-bond donors (Lipinski definition) is 1. The number of aliphatic hydroxyl groups excluding tert-OH is 1. The number of aliphatic hydroxyl groups is 1. The number of rotatable bonds is 11. The Kier molecular flexibility index (Phi) is 7.99. The molecule has 1 atom stereocenters. The van der Waals surface area contributed by atoms with Crippen LogP contribution in [-0.2, 0) is 17.8 Å². The zero-order valence-corrected chi connectivity index (χ0v) is 16.9. The van der Waals surface area contributed by atoms with Crippen LogP contribution < -0.4 is 0 Å². The lowest BCUT2D eigenvalue weighted by atomic mass is 10.1. The van der Waals surface area contributed by atoms with Gasteiger partial charge in [-0.25, -0.2) is 4.39 Å². The van der Waals surface area contributed by atoms with E-state index in [1.54, 1.807) is 19.2 Å². The van der Waals surface area contributed by atoms with Gasteiger partial charge in [-0.2, -0.15) is 0 Å². The van der Waals surface area contributed by atoms with E-state index >= 15 is 0 Å². The van der Waals surface area contributed by atoms with Crippen LogP contribution >= 0.6 is 0 Å². The molecular formula is C24H29FN2O2. The first-order valence-corrected chi connectivity index (χ1v) is 9.98. The van der Waals surface area contributed by atoms with Crippen LogP contribution in [0.2, 0.25) is 0 Å². The SMILES string of the molecule is COCCCN(Cc1cccn1Cc1cccc(F)c1)C[C@@H](O)c1ccccc1. The quantitative estimate of drug-likeness (QED) is 0.493. The summed E-state index contributed by atoms with van der Waals surface area (Å²) in [5.74, 6) is -0.219. The molecule has 3 rings (SSSR count). The highest BCUT2D eigenvalue weighted by atomic mass is 19.1. The third kappa shape index (κ3) is 6.53. The number of benzene rings is 2. The van der Waals surface area contributed by atoms with Crippen LogP contribution in [0, 0.1) is 5.82 Å². The van der Waals surface area contributed by atoms with Crippen molar-refractivity contribution in [3.05, 3.63) is 95.6 Å². The van der Waals surface area contributed by atoms with E-state index < -0.39 is 6.10 Å². The van der Waals surface area contributed by atoms with Crippen molar-refractivity contribution in [2.24, 2.45) is 0 Å². The Hall–Kier alpha value is -2.47. The maximum Gasteiger partial charge on any atom is 0.123 e. The van der Waals surface area contributed by atoms with Gasteiger partial charge in [0, 0.05) is 51.8 Å². The highest BCUT2D eigenvalue weighted by Crippen LogP contribution is 2.17. The first-order valence-electron chi connectivity index (χ1n) is 9.98. The molecule has 0 unspecified atom stereocenters. The largest absolute Gasteiger partial charge is 0.387 e. The van der Waals surface area contributed by atoms with Crippen LogP contribution in [0.4, 0.5) is 4.39 Å². The summed E-state index contributed by atoms with van der Waals surface area (Å²) in [6, 6.07) is 20.5. The van der Waals surface area contributed by atoms with Crippen LogP contribution in [0.3, 0.4) is 0 Å². The topological polar surface area (TPSA) is 37.6 Å². The summed E-state index contributed by atoms with van der Waals surface area (Å²) in [7, 11) is 1.70. The Bertz CT molecular complexity index is 866. The molecule has 0 amide bonds. The Morgan fingerprint density at radius 3 is 2.66 bits per heavy atom. The van der Waals surface area contributed by atoms with Crippen molar-refractivity contribution in [3.8, 4) is 0 Å². The summed E-state index contributed by atoms with van der Waals surface area (Å²) >= 11 is 0. The summed E-state index contributed by atoms with van der Waals surface area (Å²) in [6.45, 7) is 3.37. The van der Waals surface area contributed by atoms with Crippen molar-refractivity contribution in [1.29, 1.82) is 0 Å². The number of aromatic nitrogens is 1. The number of nitrogens with zero attached hydrogens (tertiary/aromatic N) is 2. The summed E-state index contributed by atoms with van der Waals surface area (Å²) in [6.07, 6.45) is 2.36. The molecule has 1 heterocycles. The highest BCUT2D eigenvalue weighted by Gasteiger charge is 2.15. The number of halogens is 1. The molecule has 2 aromatic carbocycles. The van der Waals surface area contributed by atoms with Gasteiger partial charge in [-0.1, -0.05) is 42.5 Å². The number of hydrogen-bond acceptors (Lipinski definition) is 3. The fraction of sp³-hybridized carbons (Fsp3) is 0.333. The Morgan fingerprint density at radius 1 is 1.07 bits per heavy atom. The minimum absolute atomic E-state index is 0.219. The predicted molar refractivity (Wildman–Crippen MR) is 113 cm³/mol. The van der Waals surface area contributed by atoms with Crippen LogP contribution in [0.1, 0.15) is 29.3 Å². The maximum absolute atomic E-state index is 13.5. The molecule has 1 aromatic heterocycles. The Labute approximate surface area is 172 Å². The molecule has 0 aliphatic heterocycles. The van der Waals surface area contributed by atoms with Crippen molar-refractivity contribution >= 4 is 0 Å². The van der Waals surface area contributed by atoms with Gasteiger partial charge >= 0.3 is 0 Å². The molecule has 0 radical (unpaired) electrons. The fourth-order valence-corrected chi connectivity index (χ4v) is 3.50. The molecule has 154 valence electrons. The standard InChI is InChI=1S/C24H29FN2O2/c1-29-15-7-13-26(19-24(28)21-9-3-2-4-10-21)18-23-12-6-14-27(23)17-20-8-5-11-22(25)16-20/h2-6,8-12,14,16,24,28H,7,13,15,17-19H2,1H3/t24-/m1/s1. The van der Waals surface area contributed by atoms with Gasteiger partial charge in [-0.15, -0.1) is 0 Å². The number of methoxy groups -OCH3 is 1. The van der Waals surface area contributed by atoms with E-state index in [-0.39, 0.29) is 5.82 Å². The third-order valence-corrected chi connectivity index (χ3v) is 4.99.